The molecule has 0 amide bonds. The van der Waals surface area contributed by atoms with Crippen LogP contribution in [0.15, 0.2) is 91.1 Å². The Bertz CT molecular complexity index is 1930. The van der Waals surface area contributed by atoms with Gasteiger partial charge in [0.2, 0.25) is 0 Å². The van der Waals surface area contributed by atoms with Gasteiger partial charge >= 0.3 is 0 Å². The highest BCUT2D eigenvalue weighted by molar-refractivity contribution is 5.71. The van der Waals surface area contributed by atoms with E-state index in [0.29, 0.717) is 28.6 Å². The zero-order chi connectivity index (χ0) is 31.0. The largest absolute Gasteiger partial charge is 0.256 e. The van der Waals surface area contributed by atoms with Crippen LogP contribution in [0.3, 0.4) is 0 Å². The molecule has 6 nitrogen and oxygen atoms in total. The molecule has 7 rings (SSSR count). The van der Waals surface area contributed by atoms with Gasteiger partial charge in [-0.3, -0.25) is 4.98 Å². The minimum atomic E-state index is 0.249. The van der Waals surface area contributed by atoms with E-state index in [1.807, 2.05) is 36.4 Å². The molecule has 5 aromatic rings. The number of hydrogen-bond acceptors (Lipinski definition) is 6. The minimum absolute atomic E-state index is 0.249. The van der Waals surface area contributed by atoms with Crippen LogP contribution in [0.2, 0.25) is 0 Å². The summed E-state index contributed by atoms with van der Waals surface area (Å²) in [5, 5.41) is 18.8. The van der Waals surface area contributed by atoms with Gasteiger partial charge in [0.05, 0.1) is 29.0 Å². The second-order valence-electron chi connectivity index (χ2n) is 13.1. The summed E-state index contributed by atoms with van der Waals surface area (Å²) in [6, 6.07) is 31.5. The van der Waals surface area contributed by atoms with Crippen molar-refractivity contribution in [2.45, 2.75) is 51.4 Å². The normalized spacial score (nSPS) is 22.3. The van der Waals surface area contributed by atoms with Crippen LogP contribution < -0.4 is 0 Å². The molecule has 0 aliphatic heterocycles. The monoisotopic (exact) mass is 586 g/mol. The lowest BCUT2D eigenvalue weighted by atomic mass is 9.55. The molecule has 45 heavy (non-hydrogen) atoms. The number of benzene rings is 3. The molecule has 0 spiro atoms. The quantitative estimate of drug-likeness (QED) is 0.204. The highest BCUT2D eigenvalue weighted by Gasteiger charge is 2.45. The maximum absolute atomic E-state index is 9.48. The van der Waals surface area contributed by atoms with Gasteiger partial charge in [-0.05, 0) is 109 Å². The number of hydrogen-bond donors (Lipinski definition) is 0. The lowest BCUT2D eigenvalue weighted by Crippen LogP contribution is -2.42. The Balaban J connectivity index is 1.26. The van der Waals surface area contributed by atoms with Gasteiger partial charge in [0.1, 0.15) is 0 Å². The molecule has 1 unspecified atom stereocenters. The van der Waals surface area contributed by atoms with Crippen LogP contribution in [0.1, 0.15) is 62.6 Å². The van der Waals surface area contributed by atoms with E-state index in [1.165, 1.54) is 37.7 Å². The predicted molar refractivity (Wildman–Crippen MR) is 175 cm³/mol. The van der Waals surface area contributed by atoms with E-state index in [0.717, 1.165) is 45.7 Å². The van der Waals surface area contributed by atoms with Crippen molar-refractivity contribution in [1.29, 1.82) is 10.5 Å². The summed E-state index contributed by atoms with van der Waals surface area (Å²) < 4.78 is 0. The maximum Gasteiger partial charge on any atom is 0.164 e. The molecule has 2 aliphatic rings. The lowest BCUT2D eigenvalue weighted by molar-refractivity contribution is 0.0778. The Kier molecular flexibility index (Phi) is 7.43. The molecule has 3 aromatic carbocycles. The molecule has 2 heterocycles. The van der Waals surface area contributed by atoms with Gasteiger partial charge in [0, 0.05) is 28.5 Å². The standard InChI is InChI=1S/C39H34N6/c1-25-15-29-16-26(2)20-39(19-25,21-29)34-13-14-35(42-24-34)31-6-4-8-33(18-31)38-44-36(30-11-9-27(22-40)10-12-30)43-37(45-38)32-7-3-5-28(17-32)23-41/h3-14,17-18,24-26,29H,15-16,19-21H2,1-2H3/t25-,26+,29-,39?. The van der Waals surface area contributed by atoms with E-state index >= 15 is 0 Å². The second kappa shape index (κ2) is 11.7. The van der Waals surface area contributed by atoms with Gasteiger partial charge in [0.25, 0.3) is 0 Å². The van der Waals surface area contributed by atoms with Crippen LogP contribution in [0.5, 0.6) is 0 Å². The summed E-state index contributed by atoms with van der Waals surface area (Å²) in [5.74, 6) is 3.85. The summed E-state index contributed by atoms with van der Waals surface area (Å²) in [6.07, 6.45) is 8.65. The van der Waals surface area contributed by atoms with E-state index in [4.69, 9.17) is 19.9 Å². The minimum Gasteiger partial charge on any atom is -0.256 e. The first-order chi connectivity index (χ1) is 21.9. The maximum atomic E-state index is 9.48. The molecular formula is C39H34N6. The molecule has 2 saturated carbocycles. The number of nitrogens with zero attached hydrogens (tertiary/aromatic N) is 6. The van der Waals surface area contributed by atoms with Crippen molar-refractivity contribution in [1.82, 2.24) is 19.9 Å². The summed E-state index contributed by atoms with van der Waals surface area (Å²) in [7, 11) is 0. The number of aromatic nitrogens is 4. The van der Waals surface area contributed by atoms with E-state index in [2.05, 4.69) is 56.4 Å². The van der Waals surface area contributed by atoms with Crippen LogP contribution in [-0.4, -0.2) is 19.9 Å². The van der Waals surface area contributed by atoms with Crippen molar-refractivity contribution in [2.24, 2.45) is 17.8 Å². The van der Waals surface area contributed by atoms with E-state index < -0.39 is 0 Å². The lowest BCUT2D eigenvalue weighted by Gasteiger charge is -2.50. The van der Waals surface area contributed by atoms with Crippen LogP contribution in [0.4, 0.5) is 0 Å². The van der Waals surface area contributed by atoms with Crippen molar-refractivity contribution in [2.75, 3.05) is 0 Å². The average Bonchev–Trinajstić information content (AvgIpc) is 3.07. The Morgan fingerprint density at radius 3 is 1.84 bits per heavy atom. The Morgan fingerprint density at radius 1 is 0.622 bits per heavy atom. The Morgan fingerprint density at radius 2 is 1.22 bits per heavy atom. The smallest absolute Gasteiger partial charge is 0.164 e. The molecule has 2 bridgehead atoms. The molecule has 0 radical (unpaired) electrons. The van der Waals surface area contributed by atoms with Crippen molar-refractivity contribution in [3.8, 4) is 57.6 Å². The van der Waals surface area contributed by atoms with Crippen LogP contribution in [-0.2, 0) is 5.41 Å². The fourth-order valence-corrected chi connectivity index (χ4v) is 7.94. The topological polar surface area (TPSA) is 99.1 Å². The van der Waals surface area contributed by atoms with Gasteiger partial charge in [-0.25, -0.2) is 15.0 Å². The van der Waals surface area contributed by atoms with Crippen molar-refractivity contribution in [3.63, 3.8) is 0 Å². The molecule has 220 valence electrons. The van der Waals surface area contributed by atoms with Crippen molar-refractivity contribution < 1.29 is 0 Å². The summed E-state index contributed by atoms with van der Waals surface area (Å²) >= 11 is 0. The van der Waals surface area contributed by atoms with Gasteiger partial charge < -0.3 is 0 Å². The van der Waals surface area contributed by atoms with Crippen LogP contribution in [0.25, 0.3) is 45.4 Å². The van der Waals surface area contributed by atoms with E-state index in [9.17, 15) is 10.5 Å². The molecule has 2 aromatic heterocycles. The number of rotatable bonds is 5. The van der Waals surface area contributed by atoms with E-state index in [1.54, 1.807) is 24.3 Å². The first kappa shape index (κ1) is 28.6. The molecule has 2 fully saturated rings. The zero-order valence-electron chi connectivity index (χ0n) is 25.6. The van der Waals surface area contributed by atoms with Crippen molar-refractivity contribution in [3.05, 3.63) is 108 Å². The molecule has 0 saturated heterocycles. The fourth-order valence-electron chi connectivity index (χ4n) is 7.94. The number of pyridine rings is 1. The number of fused-ring (bicyclic) bond motifs is 2. The fraction of sp³-hybridized carbons (Fsp3) is 0.282. The Labute approximate surface area is 264 Å². The highest BCUT2D eigenvalue weighted by atomic mass is 15.0. The first-order valence-corrected chi connectivity index (χ1v) is 15.8. The summed E-state index contributed by atoms with van der Waals surface area (Å²) in [6.45, 7) is 4.84. The first-order valence-electron chi connectivity index (χ1n) is 15.8. The molecule has 4 atom stereocenters. The average molecular weight is 587 g/mol. The van der Waals surface area contributed by atoms with Gasteiger partial charge in [-0.1, -0.05) is 50.2 Å². The van der Waals surface area contributed by atoms with Crippen LogP contribution >= 0.6 is 0 Å². The molecule has 2 aliphatic carbocycles. The van der Waals surface area contributed by atoms with Gasteiger partial charge in [-0.2, -0.15) is 10.5 Å². The summed E-state index contributed by atoms with van der Waals surface area (Å²) in [5.41, 5.74) is 7.01. The SMILES string of the molecule is C[C@@H]1C[C@@H]2C[C@H](C)CC(c3ccc(-c4cccc(-c5nc(-c6ccc(C#N)cc6)nc(-c6cccc(C#N)c6)n5)c4)nc3)(C1)C2. The molecule has 0 N–H and O–H groups in total. The van der Waals surface area contributed by atoms with Gasteiger partial charge in [0.15, 0.2) is 17.5 Å². The van der Waals surface area contributed by atoms with Crippen LogP contribution in [0, 0.1) is 40.4 Å². The third-order valence-corrected chi connectivity index (χ3v) is 9.58. The Hall–Kier alpha value is -5.20. The predicted octanol–water partition coefficient (Wildman–Crippen LogP) is 8.78. The third-order valence-electron chi connectivity index (χ3n) is 9.58. The molecule has 6 heteroatoms. The summed E-state index contributed by atoms with van der Waals surface area (Å²) in [4.78, 5) is 19.5. The van der Waals surface area contributed by atoms with Gasteiger partial charge in [-0.15, -0.1) is 0 Å². The number of nitriles is 2. The second-order valence-corrected chi connectivity index (χ2v) is 13.1. The van der Waals surface area contributed by atoms with E-state index in [-0.39, 0.29) is 5.41 Å². The molecular weight excluding hydrogens is 552 g/mol. The zero-order valence-corrected chi connectivity index (χ0v) is 25.6. The third kappa shape index (κ3) is 5.73. The van der Waals surface area contributed by atoms with Crippen molar-refractivity contribution >= 4 is 0 Å². The highest BCUT2D eigenvalue weighted by Crippen LogP contribution is 2.54.